The highest BCUT2D eigenvalue weighted by molar-refractivity contribution is 5.89. The second-order valence-electron chi connectivity index (χ2n) is 5.96. The highest BCUT2D eigenvalue weighted by Crippen LogP contribution is 2.13. The Hall–Kier alpha value is -3.12. The number of aromatic nitrogens is 2. The third-order valence-electron chi connectivity index (χ3n) is 3.98. The molecule has 1 aromatic heterocycles. The third-order valence-corrected chi connectivity index (χ3v) is 3.98. The number of urea groups is 1. The maximum atomic E-state index is 12.5. The predicted octanol–water partition coefficient (Wildman–Crippen LogP) is 2.96. The van der Waals surface area contributed by atoms with E-state index in [0.717, 1.165) is 16.8 Å². The molecule has 134 valence electrons. The number of amides is 2. The van der Waals surface area contributed by atoms with E-state index in [2.05, 4.69) is 10.4 Å². The van der Waals surface area contributed by atoms with Gasteiger partial charge in [-0.2, -0.15) is 5.10 Å². The van der Waals surface area contributed by atoms with Gasteiger partial charge in [-0.05, 0) is 29.3 Å². The summed E-state index contributed by atoms with van der Waals surface area (Å²) in [6.45, 7) is 1.33. The van der Waals surface area contributed by atoms with Crippen molar-refractivity contribution in [2.24, 2.45) is 0 Å². The van der Waals surface area contributed by atoms with Crippen molar-refractivity contribution in [2.45, 2.75) is 13.1 Å². The van der Waals surface area contributed by atoms with E-state index in [1.165, 1.54) is 0 Å². The first-order valence-corrected chi connectivity index (χ1v) is 8.51. The van der Waals surface area contributed by atoms with Gasteiger partial charge in [-0.1, -0.05) is 42.5 Å². The number of carbonyl (C=O) groups excluding carboxylic acids is 1. The maximum Gasteiger partial charge on any atom is 0.322 e. The predicted molar refractivity (Wildman–Crippen MR) is 101 cm³/mol. The molecule has 3 rings (SSSR count). The molecular formula is C20H22N4O2. The number of nitrogens with zero attached hydrogens (tertiary/aromatic N) is 3. The lowest BCUT2D eigenvalue weighted by Crippen LogP contribution is -2.36. The molecule has 2 aromatic carbocycles. The Balaban J connectivity index is 1.61. The van der Waals surface area contributed by atoms with Gasteiger partial charge in [0.15, 0.2) is 0 Å². The highest BCUT2D eigenvalue weighted by atomic mass is 16.3. The number of aliphatic hydroxyl groups is 1. The molecule has 0 saturated carbocycles. The average molecular weight is 350 g/mol. The molecule has 0 bridgehead atoms. The van der Waals surface area contributed by atoms with Gasteiger partial charge in [-0.3, -0.25) is 4.68 Å². The summed E-state index contributed by atoms with van der Waals surface area (Å²) < 4.78 is 1.84. The lowest BCUT2D eigenvalue weighted by Gasteiger charge is -2.22. The lowest BCUT2D eigenvalue weighted by atomic mass is 10.2. The Labute approximate surface area is 152 Å². The van der Waals surface area contributed by atoms with Crippen molar-refractivity contribution in [1.29, 1.82) is 0 Å². The number of benzene rings is 2. The van der Waals surface area contributed by atoms with Crippen LogP contribution in [0.4, 0.5) is 10.5 Å². The molecule has 0 aliphatic heterocycles. The highest BCUT2D eigenvalue weighted by Gasteiger charge is 2.13. The Bertz CT molecular complexity index is 802. The summed E-state index contributed by atoms with van der Waals surface area (Å²) in [6.07, 6.45) is 3.66. The van der Waals surface area contributed by atoms with Gasteiger partial charge >= 0.3 is 6.03 Å². The van der Waals surface area contributed by atoms with Crippen LogP contribution in [-0.4, -0.2) is 39.0 Å². The van der Waals surface area contributed by atoms with Crippen LogP contribution >= 0.6 is 0 Å². The zero-order valence-electron chi connectivity index (χ0n) is 14.5. The largest absolute Gasteiger partial charge is 0.395 e. The van der Waals surface area contributed by atoms with Crippen molar-refractivity contribution in [3.8, 4) is 0 Å². The molecule has 0 fully saturated rings. The van der Waals surface area contributed by atoms with Crippen LogP contribution in [0.2, 0.25) is 0 Å². The molecule has 1 heterocycles. The number of nitrogens with one attached hydrogen (secondary N) is 1. The molecule has 6 heteroatoms. The molecule has 2 amide bonds. The number of hydrogen-bond donors (Lipinski definition) is 2. The average Bonchev–Trinajstić information content (AvgIpc) is 3.17. The van der Waals surface area contributed by atoms with Gasteiger partial charge in [0, 0.05) is 31.2 Å². The van der Waals surface area contributed by atoms with Crippen molar-refractivity contribution < 1.29 is 9.90 Å². The Morgan fingerprint density at radius 2 is 1.81 bits per heavy atom. The molecule has 2 N–H and O–H groups in total. The van der Waals surface area contributed by atoms with Crippen LogP contribution in [0.5, 0.6) is 0 Å². The zero-order chi connectivity index (χ0) is 18.2. The summed E-state index contributed by atoms with van der Waals surface area (Å²) in [5.74, 6) is 0. The first kappa shape index (κ1) is 17.7. The van der Waals surface area contributed by atoms with Crippen LogP contribution in [0.15, 0.2) is 73.1 Å². The van der Waals surface area contributed by atoms with Crippen LogP contribution in [0.25, 0.3) is 0 Å². The maximum absolute atomic E-state index is 12.5. The first-order chi connectivity index (χ1) is 12.7. The summed E-state index contributed by atoms with van der Waals surface area (Å²) in [7, 11) is 0. The fourth-order valence-electron chi connectivity index (χ4n) is 2.65. The van der Waals surface area contributed by atoms with E-state index < -0.39 is 0 Å². The van der Waals surface area contributed by atoms with E-state index in [-0.39, 0.29) is 19.2 Å². The van der Waals surface area contributed by atoms with Gasteiger partial charge in [-0.15, -0.1) is 0 Å². The zero-order valence-corrected chi connectivity index (χ0v) is 14.5. The molecule has 0 spiro atoms. The van der Waals surface area contributed by atoms with E-state index >= 15 is 0 Å². The van der Waals surface area contributed by atoms with Gasteiger partial charge in [-0.25, -0.2) is 4.79 Å². The topological polar surface area (TPSA) is 70.4 Å². The van der Waals surface area contributed by atoms with Crippen LogP contribution in [0, 0.1) is 0 Å². The number of aliphatic hydroxyl groups excluding tert-OH is 1. The van der Waals surface area contributed by atoms with Gasteiger partial charge < -0.3 is 15.3 Å². The molecule has 6 nitrogen and oxygen atoms in total. The lowest BCUT2D eigenvalue weighted by molar-refractivity contribution is 0.185. The van der Waals surface area contributed by atoms with E-state index in [1.807, 2.05) is 71.5 Å². The van der Waals surface area contributed by atoms with Crippen LogP contribution in [0.1, 0.15) is 11.1 Å². The number of anilines is 1. The van der Waals surface area contributed by atoms with Crippen LogP contribution in [0.3, 0.4) is 0 Å². The number of rotatable bonds is 7. The summed E-state index contributed by atoms with van der Waals surface area (Å²) in [5, 5.41) is 16.3. The van der Waals surface area contributed by atoms with E-state index in [9.17, 15) is 9.90 Å². The number of hydrogen-bond acceptors (Lipinski definition) is 3. The minimum absolute atomic E-state index is 0.0803. The van der Waals surface area contributed by atoms with Gasteiger partial charge in [0.25, 0.3) is 0 Å². The first-order valence-electron chi connectivity index (χ1n) is 8.51. The van der Waals surface area contributed by atoms with Crippen molar-refractivity contribution in [3.63, 3.8) is 0 Å². The van der Waals surface area contributed by atoms with Crippen LogP contribution < -0.4 is 5.32 Å². The van der Waals surface area contributed by atoms with Gasteiger partial charge in [0.2, 0.25) is 0 Å². The van der Waals surface area contributed by atoms with Crippen LogP contribution in [-0.2, 0) is 13.1 Å². The fraction of sp³-hybridized carbons (Fsp3) is 0.200. The molecule has 0 unspecified atom stereocenters. The summed E-state index contributed by atoms with van der Waals surface area (Å²) >= 11 is 0. The molecule has 26 heavy (non-hydrogen) atoms. The monoisotopic (exact) mass is 350 g/mol. The number of carbonyl (C=O) groups is 1. The van der Waals surface area contributed by atoms with E-state index in [1.54, 1.807) is 11.1 Å². The van der Waals surface area contributed by atoms with Crippen molar-refractivity contribution in [2.75, 3.05) is 18.5 Å². The molecule has 0 saturated heterocycles. The Morgan fingerprint density at radius 3 is 2.46 bits per heavy atom. The van der Waals surface area contributed by atoms with Crippen molar-refractivity contribution in [1.82, 2.24) is 14.7 Å². The quantitative estimate of drug-likeness (QED) is 0.688. The van der Waals surface area contributed by atoms with E-state index in [0.29, 0.717) is 13.1 Å². The third kappa shape index (κ3) is 4.94. The fourth-order valence-corrected chi connectivity index (χ4v) is 2.65. The second kappa shape index (κ2) is 8.82. The molecule has 0 aliphatic carbocycles. The van der Waals surface area contributed by atoms with Crippen molar-refractivity contribution >= 4 is 11.7 Å². The minimum atomic E-state index is -0.234. The Kier molecular flexibility index (Phi) is 6.01. The van der Waals surface area contributed by atoms with Gasteiger partial charge in [0.05, 0.1) is 13.2 Å². The molecule has 0 radical (unpaired) electrons. The SMILES string of the molecule is O=C(Nc1ccc(Cn2cccn2)cc1)N(CCO)Cc1ccccc1. The minimum Gasteiger partial charge on any atom is -0.395 e. The standard InChI is InChI=1S/C20H22N4O2/c25-14-13-23(15-17-5-2-1-3-6-17)20(26)22-19-9-7-18(8-10-19)16-24-12-4-11-21-24/h1-12,25H,13-16H2,(H,22,26). The van der Waals surface area contributed by atoms with E-state index in [4.69, 9.17) is 0 Å². The second-order valence-corrected chi connectivity index (χ2v) is 5.96. The Morgan fingerprint density at radius 1 is 1.04 bits per heavy atom. The molecule has 0 aliphatic rings. The summed E-state index contributed by atoms with van der Waals surface area (Å²) in [6, 6.07) is 19.0. The van der Waals surface area contributed by atoms with Crippen molar-refractivity contribution in [3.05, 3.63) is 84.2 Å². The normalized spacial score (nSPS) is 10.5. The summed E-state index contributed by atoms with van der Waals surface area (Å²) in [5.41, 5.74) is 2.84. The molecule has 3 aromatic rings. The molecular weight excluding hydrogens is 328 g/mol. The smallest absolute Gasteiger partial charge is 0.322 e. The summed E-state index contributed by atoms with van der Waals surface area (Å²) in [4.78, 5) is 14.1. The molecule has 0 atom stereocenters. The van der Waals surface area contributed by atoms with Gasteiger partial charge in [0.1, 0.15) is 0 Å².